The normalized spacial score (nSPS) is 14.8. The van der Waals surface area contributed by atoms with Gasteiger partial charge in [0.15, 0.2) is 0 Å². The first-order chi connectivity index (χ1) is 14.9. The summed E-state index contributed by atoms with van der Waals surface area (Å²) in [6, 6.07) is 11.7. The van der Waals surface area contributed by atoms with Crippen LogP contribution in [0, 0.1) is 10.1 Å². The molecule has 0 aliphatic carbocycles. The Labute approximate surface area is 181 Å². The molecule has 0 saturated carbocycles. The summed E-state index contributed by atoms with van der Waals surface area (Å²) in [5.74, 6) is 0.647. The number of carbonyl (C=O) groups excluding carboxylic acids is 1. The summed E-state index contributed by atoms with van der Waals surface area (Å²) in [6.07, 6.45) is 3.76. The van der Waals surface area contributed by atoms with E-state index in [0.717, 1.165) is 36.5 Å². The zero-order chi connectivity index (χ0) is 22.0. The first-order valence-electron chi connectivity index (χ1n) is 10.7. The maximum Gasteiger partial charge on any atom is 0.270 e. The number of non-ortho nitro benzene ring substituents is 1. The molecule has 0 unspecified atom stereocenters. The van der Waals surface area contributed by atoms with Gasteiger partial charge in [0.2, 0.25) is 0 Å². The topological polar surface area (TPSA) is 93.3 Å². The van der Waals surface area contributed by atoms with E-state index < -0.39 is 4.92 Å². The largest absolute Gasteiger partial charge is 0.324 e. The molecule has 162 valence electrons. The number of likely N-dealkylation sites (tertiary alicyclic amines) is 1. The molecule has 1 aromatic heterocycles. The van der Waals surface area contributed by atoms with Crippen LogP contribution in [-0.4, -0.2) is 38.4 Å². The summed E-state index contributed by atoms with van der Waals surface area (Å²) in [5, 5.41) is 13.8. The number of imidazole rings is 1. The van der Waals surface area contributed by atoms with E-state index in [1.807, 2.05) is 18.2 Å². The zero-order valence-corrected chi connectivity index (χ0v) is 17.9. The highest BCUT2D eigenvalue weighted by molar-refractivity contribution is 6.05. The first-order valence-corrected chi connectivity index (χ1v) is 10.7. The van der Waals surface area contributed by atoms with Gasteiger partial charge in [0.1, 0.15) is 5.82 Å². The standard InChI is InChI=1S/C23H27N5O3/c1-16(2)27-21-10-9-18(24-23(29)17-7-6-8-19(13-17)28(30)31)14-20(21)25-22(27)15-26-11-4-3-5-12-26/h6-10,13-14,16H,3-5,11-12,15H2,1-2H3,(H,24,29). The van der Waals surface area contributed by atoms with E-state index in [9.17, 15) is 14.9 Å². The van der Waals surface area contributed by atoms with Crippen molar-refractivity contribution in [2.24, 2.45) is 0 Å². The molecule has 1 saturated heterocycles. The molecule has 1 amide bonds. The molecule has 8 nitrogen and oxygen atoms in total. The monoisotopic (exact) mass is 421 g/mol. The van der Waals surface area contributed by atoms with Crippen molar-refractivity contribution in [3.63, 3.8) is 0 Å². The van der Waals surface area contributed by atoms with Crippen molar-refractivity contribution in [2.75, 3.05) is 18.4 Å². The van der Waals surface area contributed by atoms with Crippen molar-refractivity contribution in [1.82, 2.24) is 14.5 Å². The van der Waals surface area contributed by atoms with Gasteiger partial charge in [-0.15, -0.1) is 0 Å². The average molecular weight is 422 g/mol. The highest BCUT2D eigenvalue weighted by Gasteiger charge is 2.19. The molecule has 0 radical (unpaired) electrons. The highest BCUT2D eigenvalue weighted by Crippen LogP contribution is 2.26. The zero-order valence-electron chi connectivity index (χ0n) is 17.9. The van der Waals surface area contributed by atoms with Crippen molar-refractivity contribution in [2.45, 2.75) is 45.7 Å². The second kappa shape index (κ2) is 8.85. The lowest BCUT2D eigenvalue weighted by Crippen LogP contribution is -2.30. The fraction of sp³-hybridized carbons (Fsp3) is 0.391. The Morgan fingerprint density at radius 2 is 1.94 bits per heavy atom. The van der Waals surface area contributed by atoms with Crippen LogP contribution in [-0.2, 0) is 6.54 Å². The molecule has 1 N–H and O–H groups in total. The van der Waals surface area contributed by atoms with Gasteiger partial charge in [0.05, 0.1) is 22.5 Å². The van der Waals surface area contributed by atoms with Crippen LogP contribution in [0.3, 0.4) is 0 Å². The maximum absolute atomic E-state index is 12.6. The van der Waals surface area contributed by atoms with Gasteiger partial charge in [0, 0.05) is 29.4 Å². The molecular formula is C23H27N5O3. The lowest BCUT2D eigenvalue weighted by atomic mass is 10.1. The molecule has 0 bridgehead atoms. The number of piperidine rings is 1. The van der Waals surface area contributed by atoms with Crippen LogP contribution in [0.5, 0.6) is 0 Å². The van der Waals surface area contributed by atoms with Crippen molar-refractivity contribution in [1.29, 1.82) is 0 Å². The van der Waals surface area contributed by atoms with Crippen LogP contribution < -0.4 is 5.32 Å². The number of nitrogens with zero attached hydrogens (tertiary/aromatic N) is 4. The molecule has 4 rings (SSSR count). The predicted molar refractivity (Wildman–Crippen MR) is 120 cm³/mol. The van der Waals surface area contributed by atoms with Gasteiger partial charge < -0.3 is 9.88 Å². The van der Waals surface area contributed by atoms with Gasteiger partial charge in [-0.05, 0) is 64.0 Å². The number of hydrogen-bond acceptors (Lipinski definition) is 5. The van der Waals surface area contributed by atoms with Crippen LogP contribution in [0.15, 0.2) is 42.5 Å². The van der Waals surface area contributed by atoms with Gasteiger partial charge in [-0.1, -0.05) is 12.5 Å². The molecule has 0 spiro atoms. The number of nitrogens with one attached hydrogen (secondary N) is 1. The lowest BCUT2D eigenvalue weighted by Gasteiger charge is -2.26. The molecule has 2 heterocycles. The number of benzene rings is 2. The number of hydrogen-bond donors (Lipinski definition) is 1. The minimum atomic E-state index is -0.509. The van der Waals surface area contributed by atoms with Gasteiger partial charge >= 0.3 is 0 Å². The van der Waals surface area contributed by atoms with Crippen molar-refractivity contribution < 1.29 is 9.72 Å². The predicted octanol–water partition coefficient (Wildman–Crippen LogP) is 4.76. The fourth-order valence-corrected chi connectivity index (χ4v) is 4.20. The van der Waals surface area contributed by atoms with Crippen molar-refractivity contribution >= 4 is 28.3 Å². The number of nitro benzene ring substituents is 1. The highest BCUT2D eigenvalue weighted by atomic mass is 16.6. The molecule has 0 atom stereocenters. The Morgan fingerprint density at radius 3 is 2.65 bits per heavy atom. The average Bonchev–Trinajstić information content (AvgIpc) is 3.11. The third kappa shape index (κ3) is 4.59. The summed E-state index contributed by atoms with van der Waals surface area (Å²) < 4.78 is 2.26. The number of aromatic nitrogens is 2. The minimum absolute atomic E-state index is 0.110. The number of anilines is 1. The smallest absolute Gasteiger partial charge is 0.270 e. The number of nitro groups is 1. The Balaban J connectivity index is 1.59. The Hall–Kier alpha value is -3.26. The number of amides is 1. The van der Waals surface area contributed by atoms with Crippen LogP contribution in [0.25, 0.3) is 11.0 Å². The molecule has 8 heteroatoms. The summed E-state index contributed by atoms with van der Waals surface area (Å²) in [7, 11) is 0. The van der Waals surface area contributed by atoms with Crippen LogP contribution in [0.2, 0.25) is 0 Å². The molecule has 3 aromatic rings. The van der Waals surface area contributed by atoms with Crippen molar-refractivity contribution in [3.8, 4) is 0 Å². The van der Waals surface area contributed by atoms with Crippen LogP contribution in [0.1, 0.15) is 55.3 Å². The number of fused-ring (bicyclic) bond motifs is 1. The summed E-state index contributed by atoms with van der Waals surface area (Å²) in [4.78, 5) is 30.4. The third-order valence-electron chi connectivity index (χ3n) is 5.67. The van der Waals surface area contributed by atoms with Gasteiger partial charge in [-0.2, -0.15) is 0 Å². The van der Waals surface area contributed by atoms with Gasteiger partial charge in [-0.3, -0.25) is 19.8 Å². The molecule has 1 aliphatic rings. The van der Waals surface area contributed by atoms with E-state index in [1.165, 1.54) is 37.5 Å². The quantitative estimate of drug-likeness (QED) is 0.457. The summed E-state index contributed by atoms with van der Waals surface area (Å²) in [5.41, 5.74) is 2.61. The van der Waals surface area contributed by atoms with Crippen molar-refractivity contribution in [3.05, 3.63) is 64.0 Å². The fourth-order valence-electron chi connectivity index (χ4n) is 4.20. The van der Waals surface area contributed by atoms with Crippen LogP contribution >= 0.6 is 0 Å². The number of rotatable bonds is 6. The summed E-state index contributed by atoms with van der Waals surface area (Å²) in [6.45, 7) is 7.33. The third-order valence-corrected chi connectivity index (χ3v) is 5.67. The van der Waals surface area contributed by atoms with Gasteiger partial charge in [-0.25, -0.2) is 4.98 Å². The van der Waals surface area contributed by atoms with E-state index in [4.69, 9.17) is 4.98 Å². The Morgan fingerprint density at radius 1 is 1.16 bits per heavy atom. The molecular weight excluding hydrogens is 394 g/mol. The Kier molecular flexibility index (Phi) is 5.99. The van der Waals surface area contributed by atoms with E-state index in [1.54, 1.807) is 6.07 Å². The molecule has 2 aromatic carbocycles. The first kappa shape index (κ1) is 21.0. The minimum Gasteiger partial charge on any atom is -0.324 e. The van der Waals surface area contributed by atoms with Gasteiger partial charge in [0.25, 0.3) is 11.6 Å². The van der Waals surface area contributed by atoms with E-state index in [2.05, 4.69) is 28.6 Å². The van der Waals surface area contributed by atoms with Crippen LogP contribution in [0.4, 0.5) is 11.4 Å². The maximum atomic E-state index is 12.6. The van der Waals surface area contributed by atoms with E-state index >= 15 is 0 Å². The lowest BCUT2D eigenvalue weighted by molar-refractivity contribution is -0.384. The molecule has 1 fully saturated rings. The number of carbonyl (C=O) groups is 1. The van der Waals surface area contributed by atoms with E-state index in [0.29, 0.717) is 5.69 Å². The second-order valence-corrected chi connectivity index (χ2v) is 8.29. The second-order valence-electron chi connectivity index (χ2n) is 8.29. The van der Waals surface area contributed by atoms with E-state index in [-0.39, 0.29) is 23.2 Å². The molecule has 1 aliphatic heterocycles. The molecule has 31 heavy (non-hydrogen) atoms. The SMILES string of the molecule is CC(C)n1c(CN2CCCCC2)nc2cc(NC(=O)c3cccc([N+](=O)[O-])c3)ccc21. The Bertz CT molecular complexity index is 1120. The summed E-state index contributed by atoms with van der Waals surface area (Å²) >= 11 is 0.